The average Bonchev–Trinajstić information content (AvgIpc) is 3.13. The van der Waals surface area contributed by atoms with Gasteiger partial charge < -0.3 is 15.5 Å². The van der Waals surface area contributed by atoms with Gasteiger partial charge in [-0.2, -0.15) is 5.10 Å². The Kier molecular flexibility index (Phi) is 6.53. The van der Waals surface area contributed by atoms with Crippen molar-refractivity contribution in [3.63, 3.8) is 0 Å². The van der Waals surface area contributed by atoms with E-state index in [1.165, 1.54) is 0 Å². The third-order valence-corrected chi connectivity index (χ3v) is 5.86. The van der Waals surface area contributed by atoms with Crippen molar-refractivity contribution in [1.29, 1.82) is 0 Å². The molecule has 4 rings (SSSR count). The number of likely N-dealkylation sites (tertiary alicyclic amines) is 1. The maximum Gasteiger partial charge on any atom is 0.319 e. The van der Waals surface area contributed by atoms with Gasteiger partial charge in [0.25, 0.3) is 11.7 Å². The maximum absolute atomic E-state index is 13.1. The molecular weight excluding hydrogens is 418 g/mol. The molecule has 2 heterocycles. The second-order valence-electron chi connectivity index (χ2n) is 8.15. The summed E-state index contributed by atoms with van der Waals surface area (Å²) in [6.45, 7) is 4.36. The third-order valence-electron chi connectivity index (χ3n) is 5.86. The highest BCUT2D eigenvalue weighted by molar-refractivity contribution is 6.43. The third kappa shape index (κ3) is 4.95. The summed E-state index contributed by atoms with van der Waals surface area (Å²) >= 11 is 0. The average molecular weight is 446 g/mol. The Morgan fingerprint density at radius 1 is 0.909 bits per heavy atom. The monoisotopic (exact) mass is 445 g/mol. The molecule has 1 saturated heterocycles. The van der Waals surface area contributed by atoms with E-state index in [-0.39, 0.29) is 12.1 Å². The molecule has 8 nitrogen and oxygen atoms in total. The molecule has 1 aromatic heterocycles. The number of para-hydroxylation sites is 2. The number of hydrogen-bond acceptors (Lipinski definition) is 4. The smallest absolute Gasteiger partial charge is 0.319 e. The van der Waals surface area contributed by atoms with E-state index in [1.807, 2.05) is 60.7 Å². The van der Waals surface area contributed by atoms with Crippen molar-refractivity contribution >= 4 is 23.4 Å². The largest absolute Gasteiger partial charge is 0.336 e. The van der Waals surface area contributed by atoms with Gasteiger partial charge in [0.1, 0.15) is 0 Å². The second-order valence-corrected chi connectivity index (χ2v) is 8.15. The number of nitrogens with zero attached hydrogens (tertiary/aromatic N) is 3. The minimum Gasteiger partial charge on any atom is -0.336 e. The molecule has 2 aromatic carbocycles. The fourth-order valence-electron chi connectivity index (χ4n) is 4.14. The van der Waals surface area contributed by atoms with Crippen molar-refractivity contribution in [3.8, 4) is 5.69 Å². The zero-order valence-corrected chi connectivity index (χ0v) is 18.7. The zero-order chi connectivity index (χ0) is 23.4. The van der Waals surface area contributed by atoms with Gasteiger partial charge in [0.15, 0.2) is 0 Å². The lowest BCUT2D eigenvalue weighted by Gasteiger charge is -2.32. The van der Waals surface area contributed by atoms with Crippen LogP contribution in [0.15, 0.2) is 60.7 Å². The molecule has 0 unspecified atom stereocenters. The lowest BCUT2D eigenvalue weighted by molar-refractivity contribution is -0.127. The molecule has 2 N–H and O–H groups in total. The lowest BCUT2D eigenvalue weighted by atomic mass is 10.0. The Morgan fingerprint density at radius 3 is 2.15 bits per heavy atom. The molecule has 1 fully saturated rings. The number of benzene rings is 2. The normalized spacial score (nSPS) is 14.1. The Bertz CT molecular complexity index is 1150. The molecule has 3 amide bonds. The van der Waals surface area contributed by atoms with Crippen molar-refractivity contribution in [3.05, 3.63) is 77.6 Å². The SMILES string of the molecule is Cc1nn(-c2ccccc2)c(C)c1C(=O)C(=O)N1CCC(NC(=O)Nc2ccccc2)CC1. The van der Waals surface area contributed by atoms with Crippen LogP contribution < -0.4 is 10.6 Å². The number of aryl methyl sites for hydroxylation is 1. The summed E-state index contributed by atoms with van der Waals surface area (Å²) < 4.78 is 1.69. The molecule has 170 valence electrons. The molecule has 3 aromatic rings. The van der Waals surface area contributed by atoms with Gasteiger partial charge in [-0.25, -0.2) is 9.48 Å². The van der Waals surface area contributed by atoms with Crippen molar-refractivity contribution in [2.75, 3.05) is 18.4 Å². The standard InChI is InChI=1S/C25H27N5O3/c1-17-22(18(2)30(28-17)21-11-7-4-8-12-21)23(31)24(32)29-15-13-20(14-16-29)27-25(33)26-19-9-5-3-6-10-19/h3-12,20H,13-16H2,1-2H3,(H2,26,27,33). The molecule has 0 radical (unpaired) electrons. The molecule has 1 aliphatic rings. The number of amides is 3. The summed E-state index contributed by atoms with van der Waals surface area (Å²) in [6, 6.07) is 18.4. The molecule has 0 aliphatic carbocycles. The van der Waals surface area contributed by atoms with E-state index in [9.17, 15) is 14.4 Å². The van der Waals surface area contributed by atoms with Crippen molar-refractivity contribution in [2.45, 2.75) is 32.7 Å². The highest BCUT2D eigenvalue weighted by Crippen LogP contribution is 2.20. The van der Waals surface area contributed by atoms with Gasteiger partial charge in [0.2, 0.25) is 0 Å². The summed E-state index contributed by atoms with van der Waals surface area (Å²) in [4.78, 5) is 39.8. The van der Waals surface area contributed by atoms with Crippen LogP contribution in [0.4, 0.5) is 10.5 Å². The van der Waals surface area contributed by atoms with Crippen LogP contribution in [0.25, 0.3) is 5.69 Å². The van der Waals surface area contributed by atoms with Gasteiger partial charge in [-0.15, -0.1) is 0 Å². The second kappa shape index (κ2) is 9.68. The van der Waals surface area contributed by atoms with Gasteiger partial charge in [0.05, 0.1) is 22.6 Å². The summed E-state index contributed by atoms with van der Waals surface area (Å²) in [5.74, 6) is -1.07. The number of aromatic nitrogens is 2. The Morgan fingerprint density at radius 2 is 1.52 bits per heavy atom. The van der Waals surface area contributed by atoms with E-state index in [0.717, 1.165) is 11.4 Å². The number of Topliss-reactive ketones (excluding diaryl/α,β-unsaturated/α-hetero) is 1. The van der Waals surface area contributed by atoms with Gasteiger partial charge in [-0.05, 0) is 51.0 Å². The molecule has 0 spiro atoms. The number of hydrogen-bond donors (Lipinski definition) is 2. The number of nitrogens with one attached hydrogen (secondary N) is 2. The van der Waals surface area contributed by atoms with Crippen LogP contribution in [0, 0.1) is 13.8 Å². The van der Waals surface area contributed by atoms with E-state index in [4.69, 9.17) is 0 Å². The highest BCUT2D eigenvalue weighted by Gasteiger charge is 2.31. The highest BCUT2D eigenvalue weighted by atomic mass is 16.2. The molecule has 1 aliphatic heterocycles. The quantitative estimate of drug-likeness (QED) is 0.464. The summed E-state index contributed by atoms with van der Waals surface area (Å²) in [6.07, 6.45) is 1.17. The van der Waals surface area contributed by atoms with Crippen LogP contribution in [0.3, 0.4) is 0 Å². The number of rotatable bonds is 5. The molecule has 0 bridgehead atoms. The number of piperidine rings is 1. The van der Waals surface area contributed by atoms with E-state index < -0.39 is 11.7 Å². The van der Waals surface area contributed by atoms with Gasteiger partial charge >= 0.3 is 6.03 Å². The number of carbonyl (C=O) groups is 3. The predicted molar refractivity (Wildman–Crippen MR) is 126 cm³/mol. The summed E-state index contributed by atoms with van der Waals surface area (Å²) in [5.41, 5.74) is 3.08. The van der Waals surface area contributed by atoms with E-state index in [2.05, 4.69) is 15.7 Å². The molecule has 33 heavy (non-hydrogen) atoms. The number of ketones is 1. The Balaban J connectivity index is 1.36. The first kappa shape index (κ1) is 22.3. The van der Waals surface area contributed by atoms with Crippen molar-refractivity contribution in [2.24, 2.45) is 0 Å². The first-order chi connectivity index (χ1) is 15.9. The van der Waals surface area contributed by atoms with Crippen LogP contribution in [0.2, 0.25) is 0 Å². The van der Waals surface area contributed by atoms with Gasteiger partial charge in [-0.1, -0.05) is 36.4 Å². The molecule has 0 saturated carbocycles. The van der Waals surface area contributed by atoms with E-state index >= 15 is 0 Å². The summed E-state index contributed by atoms with van der Waals surface area (Å²) in [5, 5.41) is 10.2. The first-order valence-corrected chi connectivity index (χ1v) is 11.0. The van der Waals surface area contributed by atoms with Crippen LogP contribution in [-0.4, -0.2) is 51.5 Å². The number of urea groups is 1. The predicted octanol–water partition coefficient (Wildman–Crippen LogP) is 3.48. The first-order valence-electron chi connectivity index (χ1n) is 11.0. The molecule has 8 heteroatoms. The minimum atomic E-state index is -0.541. The van der Waals surface area contributed by atoms with Crippen LogP contribution in [0.5, 0.6) is 0 Å². The van der Waals surface area contributed by atoms with Crippen LogP contribution in [-0.2, 0) is 4.79 Å². The Hall–Kier alpha value is -3.94. The fraction of sp³-hybridized carbons (Fsp3) is 0.280. The Labute approximate surface area is 192 Å². The van der Waals surface area contributed by atoms with E-state index in [1.54, 1.807) is 23.4 Å². The topological polar surface area (TPSA) is 96.3 Å². The maximum atomic E-state index is 13.1. The van der Waals surface area contributed by atoms with Gasteiger partial charge in [-0.3, -0.25) is 9.59 Å². The number of anilines is 1. The van der Waals surface area contributed by atoms with Crippen LogP contribution >= 0.6 is 0 Å². The zero-order valence-electron chi connectivity index (χ0n) is 18.7. The molecular formula is C25H27N5O3. The summed E-state index contributed by atoms with van der Waals surface area (Å²) in [7, 11) is 0. The minimum absolute atomic E-state index is 0.0582. The lowest BCUT2D eigenvalue weighted by Crippen LogP contribution is -2.49. The number of carbonyl (C=O) groups excluding carboxylic acids is 3. The fourth-order valence-corrected chi connectivity index (χ4v) is 4.14. The van der Waals surface area contributed by atoms with Crippen LogP contribution in [0.1, 0.15) is 34.6 Å². The van der Waals surface area contributed by atoms with Crippen molar-refractivity contribution < 1.29 is 14.4 Å². The molecule has 0 atom stereocenters. The van der Waals surface area contributed by atoms with E-state index in [0.29, 0.717) is 42.9 Å². The van der Waals surface area contributed by atoms with Gasteiger partial charge in [0, 0.05) is 24.8 Å². The van der Waals surface area contributed by atoms with Crippen molar-refractivity contribution in [1.82, 2.24) is 20.0 Å².